The maximum Gasteiger partial charge on any atom is 0.186 e. The second-order valence-electron chi connectivity index (χ2n) is 5.88. The summed E-state index contributed by atoms with van der Waals surface area (Å²) >= 11 is 7.20. The van der Waals surface area contributed by atoms with Crippen molar-refractivity contribution in [3.8, 4) is 5.75 Å². The van der Waals surface area contributed by atoms with Gasteiger partial charge in [-0.15, -0.1) is 5.10 Å². The molecule has 0 aliphatic carbocycles. The van der Waals surface area contributed by atoms with E-state index in [0.29, 0.717) is 5.82 Å². The number of benzene rings is 3. The molecule has 0 radical (unpaired) electrons. The van der Waals surface area contributed by atoms with Crippen LogP contribution in [0.3, 0.4) is 0 Å². The lowest BCUT2D eigenvalue weighted by atomic mass is 10.0. The molecule has 0 spiro atoms. The summed E-state index contributed by atoms with van der Waals surface area (Å²) in [5, 5.41) is 16.1. The number of ether oxygens (including phenoxy) is 1. The number of tetrazole rings is 1. The summed E-state index contributed by atoms with van der Waals surface area (Å²) < 4.78 is 7.58. The zero-order valence-corrected chi connectivity index (χ0v) is 16.8. The van der Waals surface area contributed by atoms with Crippen LogP contribution in [0.4, 0.5) is 0 Å². The molecule has 0 saturated heterocycles. The van der Waals surface area contributed by atoms with Crippen LogP contribution in [0.2, 0.25) is 0 Å². The van der Waals surface area contributed by atoms with Gasteiger partial charge in [-0.2, -0.15) is 0 Å². The Morgan fingerprint density at radius 1 is 0.885 bits per heavy atom. The molecule has 0 saturated carbocycles. The molecule has 26 heavy (non-hydrogen) atoms. The smallest absolute Gasteiger partial charge is 0.186 e. The molecule has 4 aromatic rings. The van der Waals surface area contributed by atoms with Crippen molar-refractivity contribution in [2.24, 2.45) is 0 Å². The van der Waals surface area contributed by atoms with Crippen LogP contribution in [-0.2, 0) is 13.0 Å². The number of rotatable bonds is 5. The van der Waals surface area contributed by atoms with Crippen molar-refractivity contribution in [1.29, 1.82) is 0 Å². The fraction of sp³-hybridized carbons (Fsp3) is 0.105. The molecule has 0 fully saturated rings. The van der Waals surface area contributed by atoms with Gasteiger partial charge in [-0.3, -0.25) is 0 Å². The molecule has 130 valence electrons. The van der Waals surface area contributed by atoms with Gasteiger partial charge in [0.1, 0.15) is 12.4 Å². The highest BCUT2D eigenvalue weighted by Crippen LogP contribution is 2.36. The minimum atomic E-state index is 0.272. The van der Waals surface area contributed by atoms with E-state index in [0.717, 1.165) is 21.1 Å². The summed E-state index contributed by atoms with van der Waals surface area (Å²) in [4.78, 5) is 0. The number of aromatic amines is 1. The largest absolute Gasteiger partial charge is 0.483 e. The van der Waals surface area contributed by atoms with Crippen molar-refractivity contribution in [2.75, 3.05) is 0 Å². The molecule has 5 nitrogen and oxygen atoms in total. The van der Waals surface area contributed by atoms with Crippen LogP contribution < -0.4 is 4.74 Å². The minimum Gasteiger partial charge on any atom is -0.483 e. The van der Waals surface area contributed by atoms with Gasteiger partial charge < -0.3 is 4.74 Å². The van der Waals surface area contributed by atoms with Crippen LogP contribution in [0.1, 0.15) is 17.0 Å². The van der Waals surface area contributed by atoms with E-state index in [9.17, 15) is 0 Å². The number of nitrogens with one attached hydrogen (secondary N) is 1. The van der Waals surface area contributed by atoms with Gasteiger partial charge in [-0.05, 0) is 82.7 Å². The summed E-state index contributed by atoms with van der Waals surface area (Å²) in [5.41, 5.74) is 2.46. The van der Waals surface area contributed by atoms with Gasteiger partial charge >= 0.3 is 0 Å². The molecule has 0 unspecified atom stereocenters. The van der Waals surface area contributed by atoms with E-state index in [-0.39, 0.29) is 6.61 Å². The zero-order chi connectivity index (χ0) is 17.9. The Balaban J connectivity index is 1.54. The highest BCUT2D eigenvalue weighted by molar-refractivity contribution is 9.11. The third-order valence-corrected chi connectivity index (χ3v) is 5.20. The minimum absolute atomic E-state index is 0.272. The van der Waals surface area contributed by atoms with Crippen LogP contribution in [-0.4, -0.2) is 20.6 Å². The molecule has 7 heteroatoms. The van der Waals surface area contributed by atoms with E-state index < -0.39 is 0 Å². The molecule has 1 N–H and O–H groups in total. The maximum absolute atomic E-state index is 5.81. The van der Waals surface area contributed by atoms with Gasteiger partial charge in [-0.25, -0.2) is 5.10 Å². The Bertz CT molecular complexity index is 1030. The number of H-pyrrole nitrogens is 1. The van der Waals surface area contributed by atoms with E-state index >= 15 is 0 Å². The third-order valence-electron chi connectivity index (χ3n) is 4.02. The topological polar surface area (TPSA) is 63.7 Å². The first kappa shape index (κ1) is 17.2. The second-order valence-corrected chi connectivity index (χ2v) is 7.59. The summed E-state index contributed by atoms with van der Waals surface area (Å²) in [6, 6.07) is 19.1. The number of hydrogen-bond acceptors (Lipinski definition) is 4. The summed E-state index contributed by atoms with van der Waals surface area (Å²) in [5.74, 6) is 1.30. The highest BCUT2D eigenvalue weighted by atomic mass is 79.9. The second kappa shape index (κ2) is 7.55. The fourth-order valence-corrected chi connectivity index (χ4v) is 4.33. The number of hydrogen-bond donors (Lipinski definition) is 1. The van der Waals surface area contributed by atoms with Crippen molar-refractivity contribution in [1.82, 2.24) is 20.6 Å². The third kappa shape index (κ3) is 3.78. The number of fused-ring (bicyclic) bond motifs is 1. The SMILES string of the molecule is Brc1cc(Cc2ccc3ccccc3c2)cc(Br)c1OCc1nnn[nH]1. The Morgan fingerprint density at radius 2 is 1.65 bits per heavy atom. The van der Waals surface area contributed by atoms with E-state index in [2.05, 4.69) is 107 Å². The predicted octanol–water partition coefficient (Wildman–Crippen LogP) is 5.05. The van der Waals surface area contributed by atoms with Gasteiger partial charge in [0.2, 0.25) is 0 Å². The lowest BCUT2D eigenvalue weighted by Gasteiger charge is -2.12. The Hall–Kier alpha value is -2.25. The van der Waals surface area contributed by atoms with Crippen LogP contribution in [0.25, 0.3) is 10.8 Å². The summed E-state index contributed by atoms with van der Waals surface area (Å²) in [7, 11) is 0. The zero-order valence-electron chi connectivity index (χ0n) is 13.6. The molecule has 0 amide bonds. The molecule has 0 aliphatic rings. The lowest BCUT2D eigenvalue weighted by Crippen LogP contribution is -2.00. The lowest BCUT2D eigenvalue weighted by molar-refractivity contribution is 0.292. The van der Waals surface area contributed by atoms with E-state index in [1.807, 2.05) is 0 Å². The van der Waals surface area contributed by atoms with Crippen LogP contribution in [0.15, 0.2) is 63.5 Å². The average Bonchev–Trinajstić information content (AvgIpc) is 3.14. The number of aromatic nitrogens is 4. The Morgan fingerprint density at radius 3 is 2.38 bits per heavy atom. The van der Waals surface area contributed by atoms with Gasteiger partial charge in [0.25, 0.3) is 0 Å². The molecule has 1 aromatic heterocycles. The first-order valence-corrected chi connectivity index (χ1v) is 9.58. The Labute approximate surface area is 167 Å². The summed E-state index contributed by atoms with van der Waals surface area (Å²) in [6.45, 7) is 0.272. The van der Waals surface area contributed by atoms with E-state index in [1.54, 1.807) is 0 Å². The molecular formula is C19H14Br2N4O. The van der Waals surface area contributed by atoms with Crippen molar-refractivity contribution in [3.05, 3.63) is 80.5 Å². The molecule has 3 aromatic carbocycles. The monoisotopic (exact) mass is 472 g/mol. The molecule has 0 atom stereocenters. The van der Waals surface area contributed by atoms with Gasteiger partial charge in [0.05, 0.1) is 8.95 Å². The average molecular weight is 474 g/mol. The highest BCUT2D eigenvalue weighted by Gasteiger charge is 2.11. The van der Waals surface area contributed by atoms with Crippen molar-refractivity contribution in [2.45, 2.75) is 13.0 Å². The maximum atomic E-state index is 5.81. The van der Waals surface area contributed by atoms with Crippen LogP contribution >= 0.6 is 31.9 Å². The van der Waals surface area contributed by atoms with Crippen LogP contribution in [0.5, 0.6) is 5.75 Å². The standard InChI is InChI=1S/C19H14Br2N4O/c20-16-9-13(7-12-5-6-14-3-1-2-4-15(14)8-12)10-17(21)19(16)26-11-18-22-24-25-23-18/h1-6,8-10H,7,11H2,(H,22,23,24,25). The number of nitrogens with zero attached hydrogens (tertiary/aromatic N) is 3. The molecule has 4 rings (SSSR count). The molecular weight excluding hydrogens is 460 g/mol. The van der Waals surface area contributed by atoms with Crippen molar-refractivity contribution < 1.29 is 4.74 Å². The fourth-order valence-electron chi connectivity index (χ4n) is 2.82. The van der Waals surface area contributed by atoms with Gasteiger partial charge in [-0.1, -0.05) is 42.5 Å². The normalized spacial score (nSPS) is 11.0. The van der Waals surface area contributed by atoms with Gasteiger partial charge in [0, 0.05) is 0 Å². The van der Waals surface area contributed by atoms with Crippen LogP contribution in [0, 0.1) is 0 Å². The van der Waals surface area contributed by atoms with Crippen molar-refractivity contribution in [3.63, 3.8) is 0 Å². The quantitative estimate of drug-likeness (QED) is 0.440. The molecule has 1 heterocycles. The molecule has 0 aliphatic heterocycles. The number of halogens is 2. The first-order chi connectivity index (χ1) is 12.7. The van der Waals surface area contributed by atoms with E-state index in [4.69, 9.17) is 4.74 Å². The summed E-state index contributed by atoms with van der Waals surface area (Å²) in [6.07, 6.45) is 0.842. The van der Waals surface area contributed by atoms with E-state index in [1.165, 1.54) is 21.9 Å². The Kier molecular flexibility index (Phi) is 4.99. The molecule has 0 bridgehead atoms. The van der Waals surface area contributed by atoms with Crippen molar-refractivity contribution >= 4 is 42.6 Å². The van der Waals surface area contributed by atoms with Gasteiger partial charge in [0.15, 0.2) is 5.82 Å². The first-order valence-electron chi connectivity index (χ1n) is 8.00. The predicted molar refractivity (Wildman–Crippen MR) is 107 cm³/mol.